The molecule has 1 saturated heterocycles. The smallest absolute Gasteiger partial charge is 0.284 e. The second-order valence-electron chi connectivity index (χ2n) is 5.92. The number of nitrogens with zero attached hydrogens (tertiary/aromatic N) is 3. The van der Waals surface area contributed by atoms with Gasteiger partial charge in [0.15, 0.2) is 0 Å². The number of carbonyl (C=O) groups excluding carboxylic acids is 3. The quantitative estimate of drug-likeness (QED) is 0.613. The van der Waals surface area contributed by atoms with Crippen LogP contribution in [0.3, 0.4) is 0 Å². The van der Waals surface area contributed by atoms with Crippen molar-refractivity contribution in [1.29, 1.82) is 0 Å². The Labute approximate surface area is 133 Å². The largest absolute Gasteiger partial charge is 0.335 e. The molecule has 118 valence electrons. The average Bonchev–Trinajstić information content (AvgIpc) is 3.20. The first-order chi connectivity index (χ1) is 10.6. The zero-order valence-corrected chi connectivity index (χ0v) is 13.3. The third-order valence-electron chi connectivity index (χ3n) is 4.19. The summed E-state index contributed by atoms with van der Waals surface area (Å²) in [5.41, 5.74) is 1.13. The van der Waals surface area contributed by atoms with E-state index in [2.05, 4.69) is 0 Å². The Balaban J connectivity index is 1.67. The number of thiophene rings is 1. The topological polar surface area (TPSA) is 60.9 Å². The lowest BCUT2D eigenvalue weighted by atomic mass is 10.2. The van der Waals surface area contributed by atoms with Crippen LogP contribution in [0.1, 0.15) is 31.2 Å². The predicted octanol–water partition coefficient (Wildman–Crippen LogP) is 1.87. The highest BCUT2D eigenvalue weighted by atomic mass is 32.1. The first-order valence-corrected chi connectivity index (χ1v) is 8.41. The SMILES string of the molecule is CN(Cc1ccsc1)CN1C(=O)C(=O)N(C2CCCC2)C1=O. The van der Waals surface area contributed by atoms with Gasteiger partial charge < -0.3 is 0 Å². The van der Waals surface area contributed by atoms with Crippen molar-refractivity contribution in [1.82, 2.24) is 14.7 Å². The zero-order valence-electron chi connectivity index (χ0n) is 12.5. The Kier molecular flexibility index (Phi) is 4.26. The number of urea groups is 1. The van der Waals surface area contributed by atoms with Gasteiger partial charge in [0.1, 0.15) is 0 Å². The summed E-state index contributed by atoms with van der Waals surface area (Å²) in [6.45, 7) is 0.778. The predicted molar refractivity (Wildman–Crippen MR) is 82.0 cm³/mol. The molecular formula is C15H19N3O3S. The molecule has 0 spiro atoms. The Morgan fingerprint density at radius 2 is 1.95 bits per heavy atom. The third kappa shape index (κ3) is 2.78. The minimum Gasteiger partial charge on any atom is -0.284 e. The van der Waals surface area contributed by atoms with E-state index >= 15 is 0 Å². The lowest BCUT2D eigenvalue weighted by Crippen LogP contribution is -2.42. The number of hydrogen-bond donors (Lipinski definition) is 0. The molecule has 3 rings (SSSR count). The van der Waals surface area contributed by atoms with Gasteiger partial charge >= 0.3 is 17.8 Å². The molecule has 4 amide bonds. The second kappa shape index (κ2) is 6.18. The van der Waals surface area contributed by atoms with Crippen LogP contribution in [-0.2, 0) is 16.1 Å². The summed E-state index contributed by atoms with van der Waals surface area (Å²) in [7, 11) is 1.83. The fourth-order valence-electron chi connectivity index (χ4n) is 3.12. The van der Waals surface area contributed by atoms with Gasteiger partial charge in [-0.3, -0.25) is 19.4 Å². The van der Waals surface area contributed by atoms with Gasteiger partial charge in [0.2, 0.25) is 0 Å². The number of hydrogen-bond acceptors (Lipinski definition) is 5. The zero-order chi connectivity index (χ0) is 15.7. The summed E-state index contributed by atoms with van der Waals surface area (Å²) in [5.74, 6) is -1.37. The van der Waals surface area contributed by atoms with E-state index in [9.17, 15) is 14.4 Å². The normalized spacial score (nSPS) is 20.0. The molecule has 1 aliphatic heterocycles. The molecule has 2 fully saturated rings. The Morgan fingerprint density at radius 1 is 1.23 bits per heavy atom. The van der Waals surface area contributed by atoms with Crippen molar-refractivity contribution < 1.29 is 14.4 Å². The van der Waals surface area contributed by atoms with Gasteiger partial charge in [0.05, 0.1) is 6.67 Å². The molecule has 2 heterocycles. The standard InChI is InChI=1S/C15H19N3O3S/c1-16(8-11-6-7-22-9-11)10-17-13(19)14(20)18(15(17)21)12-4-2-3-5-12/h6-7,9,12H,2-5,8,10H2,1H3. The van der Waals surface area contributed by atoms with E-state index < -0.39 is 17.8 Å². The van der Waals surface area contributed by atoms with E-state index in [0.29, 0.717) is 6.54 Å². The van der Waals surface area contributed by atoms with Crippen molar-refractivity contribution in [3.63, 3.8) is 0 Å². The van der Waals surface area contributed by atoms with Gasteiger partial charge in [0, 0.05) is 12.6 Å². The molecule has 0 atom stereocenters. The molecule has 1 aromatic heterocycles. The highest BCUT2D eigenvalue weighted by Crippen LogP contribution is 2.27. The summed E-state index contributed by atoms with van der Waals surface area (Å²) in [4.78, 5) is 40.8. The minimum absolute atomic E-state index is 0.101. The van der Waals surface area contributed by atoms with Crippen molar-refractivity contribution in [3.8, 4) is 0 Å². The summed E-state index contributed by atoms with van der Waals surface area (Å²) in [6, 6.07) is 1.44. The van der Waals surface area contributed by atoms with Gasteiger partial charge in [-0.1, -0.05) is 12.8 Å². The molecule has 22 heavy (non-hydrogen) atoms. The second-order valence-corrected chi connectivity index (χ2v) is 6.70. The maximum atomic E-state index is 12.4. The molecule has 0 bridgehead atoms. The van der Waals surface area contributed by atoms with Crippen molar-refractivity contribution in [2.75, 3.05) is 13.7 Å². The van der Waals surface area contributed by atoms with Crippen molar-refractivity contribution in [3.05, 3.63) is 22.4 Å². The van der Waals surface area contributed by atoms with Gasteiger partial charge in [-0.2, -0.15) is 11.3 Å². The average molecular weight is 321 g/mol. The molecule has 6 nitrogen and oxygen atoms in total. The van der Waals surface area contributed by atoms with E-state index in [1.807, 2.05) is 28.8 Å². The third-order valence-corrected chi connectivity index (χ3v) is 4.92. The van der Waals surface area contributed by atoms with Crippen LogP contribution in [0.5, 0.6) is 0 Å². The fourth-order valence-corrected chi connectivity index (χ4v) is 3.78. The summed E-state index contributed by atoms with van der Waals surface area (Å²) in [5, 5.41) is 4.01. The monoisotopic (exact) mass is 321 g/mol. The Morgan fingerprint density at radius 3 is 2.59 bits per heavy atom. The molecule has 1 aliphatic carbocycles. The van der Waals surface area contributed by atoms with Gasteiger partial charge in [0.25, 0.3) is 0 Å². The molecule has 0 aromatic carbocycles. The van der Waals surface area contributed by atoms with E-state index in [1.165, 1.54) is 4.90 Å². The van der Waals surface area contributed by atoms with E-state index in [4.69, 9.17) is 0 Å². The van der Waals surface area contributed by atoms with Crippen LogP contribution in [0.4, 0.5) is 4.79 Å². The van der Waals surface area contributed by atoms with Crippen LogP contribution in [0.25, 0.3) is 0 Å². The minimum atomic E-state index is -0.700. The molecule has 1 aromatic rings. The molecule has 2 aliphatic rings. The molecule has 1 saturated carbocycles. The number of carbonyl (C=O) groups is 3. The van der Waals surface area contributed by atoms with Crippen LogP contribution in [0.2, 0.25) is 0 Å². The van der Waals surface area contributed by atoms with Gasteiger partial charge in [-0.25, -0.2) is 9.69 Å². The van der Waals surface area contributed by atoms with Crippen LogP contribution in [-0.4, -0.2) is 52.3 Å². The molecule has 0 N–H and O–H groups in total. The van der Waals surface area contributed by atoms with Crippen molar-refractivity contribution in [2.45, 2.75) is 38.3 Å². The lowest BCUT2D eigenvalue weighted by Gasteiger charge is -2.24. The highest BCUT2D eigenvalue weighted by molar-refractivity contribution is 7.07. The maximum Gasteiger partial charge on any atom is 0.335 e. The van der Waals surface area contributed by atoms with E-state index in [-0.39, 0.29) is 12.7 Å². The van der Waals surface area contributed by atoms with E-state index in [0.717, 1.165) is 36.1 Å². The number of rotatable bonds is 5. The van der Waals surface area contributed by atoms with Crippen LogP contribution < -0.4 is 0 Å². The molecule has 7 heteroatoms. The van der Waals surface area contributed by atoms with Crippen molar-refractivity contribution in [2.24, 2.45) is 0 Å². The Hall–Kier alpha value is -1.73. The maximum absolute atomic E-state index is 12.4. The lowest BCUT2D eigenvalue weighted by molar-refractivity contribution is -0.144. The van der Waals surface area contributed by atoms with E-state index in [1.54, 1.807) is 11.3 Å². The van der Waals surface area contributed by atoms with Gasteiger partial charge in [-0.05, 0) is 42.3 Å². The Bertz CT molecular complexity index is 581. The first kappa shape index (κ1) is 15.2. The fraction of sp³-hybridized carbons (Fsp3) is 0.533. The molecule has 0 unspecified atom stereocenters. The molecule has 0 radical (unpaired) electrons. The van der Waals surface area contributed by atoms with Crippen LogP contribution in [0, 0.1) is 0 Å². The van der Waals surface area contributed by atoms with Crippen LogP contribution >= 0.6 is 11.3 Å². The van der Waals surface area contributed by atoms with Crippen LogP contribution in [0.15, 0.2) is 16.8 Å². The van der Waals surface area contributed by atoms with Crippen molar-refractivity contribution >= 4 is 29.2 Å². The highest BCUT2D eigenvalue weighted by Gasteiger charge is 2.48. The summed E-state index contributed by atoms with van der Waals surface area (Å²) in [6.07, 6.45) is 3.63. The number of amides is 4. The summed E-state index contributed by atoms with van der Waals surface area (Å²) < 4.78 is 0. The summed E-state index contributed by atoms with van der Waals surface area (Å²) >= 11 is 1.61. The van der Waals surface area contributed by atoms with Gasteiger partial charge in [-0.15, -0.1) is 0 Å². The first-order valence-electron chi connectivity index (χ1n) is 7.46. The molecular weight excluding hydrogens is 302 g/mol. The number of imide groups is 2.